The maximum Gasteiger partial charge on any atom is 0.187 e. The van der Waals surface area contributed by atoms with E-state index in [2.05, 4.69) is 58.9 Å². The quantitative estimate of drug-likeness (QED) is 0.526. The molecule has 1 aliphatic rings. The highest BCUT2D eigenvalue weighted by molar-refractivity contribution is 6.70. The third-order valence-electron chi connectivity index (χ3n) is 3.64. The lowest BCUT2D eigenvalue weighted by Crippen LogP contribution is -2.65. The largest absolute Gasteiger partial charge is 0.409 e. The zero-order valence-corrected chi connectivity index (χ0v) is 21.5. The van der Waals surface area contributed by atoms with E-state index in [1.54, 1.807) is 14.2 Å². The molecule has 0 bridgehead atoms. The smallest absolute Gasteiger partial charge is 0.187 e. The number of rotatable bonds is 9. The van der Waals surface area contributed by atoms with Crippen molar-refractivity contribution in [1.82, 2.24) is 0 Å². The van der Waals surface area contributed by atoms with Crippen LogP contribution >= 0.6 is 0 Å². The zero-order chi connectivity index (χ0) is 20.3. The molecule has 1 unspecified atom stereocenters. The molecule has 1 rings (SSSR count). The minimum atomic E-state index is -1.85. The average molecular weight is 425 g/mol. The molecule has 6 nitrogen and oxygen atoms in total. The van der Waals surface area contributed by atoms with Gasteiger partial charge in [0.05, 0.1) is 6.61 Å². The van der Waals surface area contributed by atoms with E-state index in [0.29, 0.717) is 6.61 Å². The Morgan fingerprint density at radius 3 is 1.50 bits per heavy atom. The SMILES string of the molecule is COC[C@@H]1OC(O[Si](C)(C)C)[C@@H](OC)[C@H](O[Si](C)(C)C)[C@@H]1O[Si](C)(C)C. The minimum absolute atomic E-state index is 0.236. The zero-order valence-electron chi connectivity index (χ0n) is 18.5. The molecule has 0 aromatic rings. The van der Waals surface area contributed by atoms with Gasteiger partial charge in [0.25, 0.3) is 0 Å². The first-order chi connectivity index (χ1) is 11.7. The molecule has 0 radical (unpaired) electrons. The first-order valence-corrected chi connectivity index (χ1v) is 19.6. The lowest BCUT2D eigenvalue weighted by Gasteiger charge is -2.49. The van der Waals surface area contributed by atoms with Crippen LogP contribution in [0.25, 0.3) is 0 Å². The summed E-state index contributed by atoms with van der Waals surface area (Å²) in [5.74, 6) is 0. The van der Waals surface area contributed by atoms with Gasteiger partial charge >= 0.3 is 0 Å². The predicted octanol–water partition coefficient (Wildman–Crippen LogP) is 3.66. The summed E-state index contributed by atoms with van der Waals surface area (Å²) in [5.41, 5.74) is 0. The lowest BCUT2D eigenvalue weighted by atomic mass is 9.99. The molecule has 5 atom stereocenters. The Balaban J connectivity index is 3.25. The number of hydrogen-bond acceptors (Lipinski definition) is 6. The molecule has 0 aromatic heterocycles. The van der Waals surface area contributed by atoms with E-state index in [0.717, 1.165) is 0 Å². The van der Waals surface area contributed by atoms with E-state index in [1.165, 1.54) is 0 Å². The number of methoxy groups -OCH3 is 2. The molecule has 0 N–H and O–H groups in total. The fourth-order valence-corrected chi connectivity index (χ4v) is 6.03. The standard InChI is InChI=1S/C17H40O6Si3/c1-18-12-13-14(21-24(3,4)5)15(22-25(6,7)8)16(19-2)17(20-13)23-26(9,10)11/h13-17H,12H2,1-11H3/t13-,14+,15+,16-,17?/m0/s1. The molecule has 0 aliphatic carbocycles. The first-order valence-electron chi connectivity index (χ1n) is 9.37. The van der Waals surface area contributed by atoms with Crippen LogP contribution in [-0.4, -0.2) is 76.5 Å². The van der Waals surface area contributed by atoms with Crippen LogP contribution < -0.4 is 0 Å². The second kappa shape index (κ2) is 9.27. The van der Waals surface area contributed by atoms with Crippen molar-refractivity contribution < 1.29 is 27.5 Å². The van der Waals surface area contributed by atoms with Crippen LogP contribution in [0, 0.1) is 0 Å². The van der Waals surface area contributed by atoms with Crippen molar-refractivity contribution in [3.63, 3.8) is 0 Å². The summed E-state index contributed by atoms with van der Waals surface area (Å²) in [6, 6.07) is 0. The molecule has 1 heterocycles. The third-order valence-corrected chi connectivity index (χ3v) is 6.54. The van der Waals surface area contributed by atoms with E-state index in [1.807, 2.05) is 0 Å². The van der Waals surface area contributed by atoms with Gasteiger partial charge in [-0.3, -0.25) is 0 Å². The third kappa shape index (κ3) is 8.19. The highest BCUT2D eigenvalue weighted by Crippen LogP contribution is 2.33. The number of hydrogen-bond donors (Lipinski definition) is 0. The number of ether oxygens (including phenoxy) is 3. The van der Waals surface area contributed by atoms with Gasteiger partial charge in [-0.1, -0.05) is 0 Å². The molecule has 1 aliphatic heterocycles. The summed E-state index contributed by atoms with van der Waals surface area (Å²) in [7, 11) is -2.14. The fraction of sp³-hybridized carbons (Fsp3) is 1.00. The van der Waals surface area contributed by atoms with E-state index >= 15 is 0 Å². The normalized spacial score (nSPS) is 31.3. The van der Waals surface area contributed by atoms with Crippen LogP contribution in [0.5, 0.6) is 0 Å². The van der Waals surface area contributed by atoms with E-state index < -0.39 is 31.2 Å². The van der Waals surface area contributed by atoms with Crippen molar-refractivity contribution >= 4 is 25.0 Å². The Morgan fingerprint density at radius 1 is 0.654 bits per heavy atom. The summed E-state index contributed by atoms with van der Waals surface area (Å²) in [5, 5.41) is 0. The Kier molecular flexibility index (Phi) is 8.72. The molecule has 1 fully saturated rings. The van der Waals surface area contributed by atoms with Crippen LogP contribution in [-0.2, 0) is 27.5 Å². The topological polar surface area (TPSA) is 55.4 Å². The van der Waals surface area contributed by atoms with Crippen molar-refractivity contribution in [3.05, 3.63) is 0 Å². The van der Waals surface area contributed by atoms with Gasteiger partial charge in [-0.2, -0.15) is 0 Å². The van der Waals surface area contributed by atoms with Gasteiger partial charge in [-0.25, -0.2) is 0 Å². The summed E-state index contributed by atoms with van der Waals surface area (Å²) in [6.07, 6.45) is -1.54. The van der Waals surface area contributed by atoms with Gasteiger partial charge in [0.2, 0.25) is 0 Å². The summed E-state index contributed by atoms with van der Waals surface area (Å²) < 4.78 is 37.0. The average Bonchev–Trinajstić information content (AvgIpc) is 2.38. The second-order valence-electron chi connectivity index (χ2n) is 9.82. The van der Waals surface area contributed by atoms with Crippen LogP contribution in [0.3, 0.4) is 0 Å². The second-order valence-corrected chi connectivity index (χ2v) is 23.2. The molecule has 1 saturated heterocycles. The Labute approximate surface area is 163 Å². The molecule has 0 saturated carbocycles. The Morgan fingerprint density at radius 2 is 1.12 bits per heavy atom. The van der Waals surface area contributed by atoms with Crippen LogP contribution in [0.4, 0.5) is 0 Å². The van der Waals surface area contributed by atoms with Gasteiger partial charge < -0.3 is 27.5 Å². The summed E-state index contributed by atoms with van der Waals surface area (Å²) in [4.78, 5) is 0. The van der Waals surface area contributed by atoms with Gasteiger partial charge in [0, 0.05) is 14.2 Å². The van der Waals surface area contributed by atoms with Crippen molar-refractivity contribution in [2.75, 3.05) is 20.8 Å². The van der Waals surface area contributed by atoms with Gasteiger partial charge in [0.1, 0.15) is 24.4 Å². The molecule has 26 heavy (non-hydrogen) atoms. The maximum absolute atomic E-state index is 6.57. The van der Waals surface area contributed by atoms with Crippen molar-refractivity contribution in [3.8, 4) is 0 Å². The van der Waals surface area contributed by atoms with Crippen LogP contribution in [0.15, 0.2) is 0 Å². The van der Waals surface area contributed by atoms with Crippen molar-refractivity contribution in [2.24, 2.45) is 0 Å². The van der Waals surface area contributed by atoms with Crippen molar-refractivity contribution in [2.45, 2.75) is 89.6 Å². The highest BCUT2D eigenvalue weighted by Gasteiger charge is 2.51. The fourth-order valence-electron chi connectivity index (χ4n) is 2.96. The molecule has 0 aromatic carbocycles. The maximum atomic E-state index is 6.57. The lowest BCUT2D eigenvalue weighted by molar-refractivity contribution is -0.280. The summed E-state index contributed by atoms with van der Waals surface area (Å²) in [6.45, 7) is 19.9. The predicted molar refractivity (Wildman–Crippen MR) is 112 cm³/mol. The van der Waals surface area contributed by atoms with Crippen LogP contribution in [0.2, 0.25) is 58.9 Å². The molecular formula is C17H40O6Si3. The van der Waals surface area contributed by atoms with Gasteiger partial charge in [-0.05, 0) is 58.9 Å². The van der Waals surface area contributed by atoms with Crippen LogP contribution in [0.1, 0.15) is 0 Å². The van der Waals surface area contributed by atoms with E-state index in [4.69, 9.17) is 27.5 Å². The Hall–Kier alpha value is 0.411. The molecule has 9 heteroatoms. The molecule has 156 valence electrons. The van der Waals surface area contributed by atoms with Gasteiger partial charge in [0.15, 0.2) is 31.2 Å². The van der Waals surface area contributed by atoms with E-state index in [9.17, 15) is 0 Å². The van der Waals surface area contributed by atoms with Crippen molar-refractivity contribution in [1.29, 1.82) is 0 Å². The highest BCUT2D eigenvalue weighted by atomic mass is 28.4. The minimum Gasteiger partial charge on any atom is -0.409 e. The molecule has 0 spiro atoms. The first kappa shape index (κ1) is 24.4. The summed E-state index contributed by atoms with van der Waals surface area (Å²) >= 11 is 0. The van der Waals surface area contributed by atoms with E-state index in [-0.39, 0.29) is 24.4 Å². The monoisotopic (exact) mass is 424 g/mol. The Bertz CT molecular complexity index is 430. The molecule has 0 amide bonds. The van der Waals surface area contributed by atoms with Gasteiger partial charge in [-0.15, -0.1) is 0 Å². The molecular weight excluding hydrogens is 384 g/mol.